The highest BCUT2D eigenvalue weighted by Gasteiger charge is 2.64. The van der Waals surface area contributed by atoms with E-state index in [-0.39, 0.29) is 30.5 Å². The summed E-state index contributed by atoms with van der Waals surface area (Å²) in [6.07, 6.45) is -2.19. The molecule has 0 unspecified atom stereocenters. The number of benzene rings is 2. The first-order valence-corrected chi connectivity index (χ1v) is 11.3. The Hall–Kier alpha value is -3.20. The van der Waals surface area contributed by atoms with E-state index in [9.17, 15) is 18.0 Å². The largest absolute Gasteiger partial charge is 0.478 e. The van der Waals surface area contributed by atoms with Gasteiger partial charge in [-0.15, -0.1) is 0 Å². The van der Waals surface area contributed by atoms with Gasteiger partial charge in [-0.2, -0.15) is 13.2 Å². The van der Waals surface area contributed by atoms with E-state index in [1.54, 1.807) is 11.8 Å². The number of carboxylic acid groups (broad SMARTS) is 1. The Labute approximate surface area is 198 Å². The van der Waals surface area contributed by atoms with E-state index in [2.05, 4.69) is 4.98 Å². The molecule has 2 atom stereocenters. The fourth-order valence-electron chi connectivity index (χ4n) is 5.22. The van der Waals surface area contributed by atoms with Crippen molar-refractivity contribution in [3.8, 4) is 0 Å². The maximum Gasteiger partial charge on any atom is 0.395 e. The van der Waals surface area contributed by atoms with Crippen LogP contribution in [0.15, 0.2) is 42.5 Å². The predicted molar refractivity (Wildman–Crippen MR) is 121 cm³/mol. The molecule has 0 spiro atoms. The molecule has 2 heterocycles. The molecule has 1 aliphatic heterocycles. The summed E-state index contributed by atoms with van der Waals surface area (Å²) in [5.41, 5.74) is -0.175. The van der Waals surface area contributed by atoms with Crippen LogP contribution in [0.2, 0.25) is 0 Å². The fraction of sp³-hybridized carbons (Fsp3) is 0.346. The minimum absolute atomic E-state index is 0.00684. The van der Waals surface area contributed by atoms with Crippen molar-refractivity contribution in [2.75, 3.05) is 6.54 Å². The first-order valence-electron chi connectivity index (χ1n) is 11.3. The number of carboxylic acids is 1. The number of para-hydroxylation sites is 1. The molecule has 5 rings (SSSR count). The van der Waals surface area contributed by atoms with Crippen molar-refractivity contribution in [3.05, 3.63) is 76.5 Å². The van der Waals surface area contributed by atoms with Crippen molar-refractivity contribution >= 4 is 22.9 Å². The predicted octanol–water partition coefficient (Wildman–Crippen LogP) is 6.22. The van der Waals surface area contributed by atoms with E-state index in [0.717, 1.165) is 40.8 Å². The van der Waals surface area contributed by atoms with Gasteiger partial charge in [-0.3, -0.25) is 4.90 Å². The average Bonchev–Trinajstić information content (AvgIpc) is 3.49. The van der Waals surface area contributed by atoms with Gasteiger partial charge in [0.15, 0.2) is 0 Å². The molecule has 184 valence electrons. The summed E-state index contributed by atoms with van der Waals surface area (Å²) in [6.45, 7) is 1.42. The van der Waals surface area contributed by atoms with E-state index in [1.807, 2.05) is 24.3 Å². The number of rotatable bonds is 5. The maximum absolute atomic E-state index is 15.5. The van der Waals surface area contributed by atoms with E-state index in [1.165, 1.54) is 0 Å². The number of nitrogens with zero attached hydrogens (tertiary/aromatic N) is 1. The first kappa shape index (κ1) is 23.5. The van der Waals surface area contributed by atoms with Crippen LogP contribution in [0, 0.1) is 17.0 Å². The van der Waals surface area contributed by atoms with Crippen LogP contribution in [0.25, 0.3) is 17.0 Å². The first-order chi connectivity index (χ1) is 16.5. The number of aromatic nitrogens is 1. The van der Waals surface area contributed by atoms with Crippen LogP contribution < -0.4 is 0 Å². The highest BCUT2D eigenvalue weighted by molar-refractivity contribution is 5.86. The van der Waals surface area contributed by atoms with Gasteiger partial charge in [0, 0.05) is 40.8 Å². The Balaban J connectivity index is 1.67. The lowest BCUT2D eigenvalue weighted by Gasteiger charge is -2.43. The molecule has 2 aliphatic rings. The Morgan fingerprint density at radius 2 is 1.86 bits per heavy atom. The quantitative estimate of drug-likeness (QED) is 0.330. The number of alkyl halides is 3. The molecule has 35 heavy (non-hydrogen) atoms. The smallest absolute Gasteiger partial charge is 0.395 e. The highest BCUT2D eigenvalue weighted by Crippen LogP contribution is 2.59. The van der Waals surface area contributed by atoms with Crippen LogP contribution in [0.1, 0.15) is 48.2 Å². The van der Waals surface area contributed by atoms with Crippen LogP contribution in [-0.2, 0) is 11.2 Å². The van der Waals surface area contributed by atoms with Crippen molar-refractivity contribution in [1.29, 1.82) is 0 Å². The molecule has 0 saturated heterocycles. The lowest BCUT2D eigenvalue weighted by atomic mass is 9.86. The van der Waals surface area contributed by atoms with Gasteiger partial charge >= 0.3 is 12.1 Å². The van der Waals surface area contributed by atoms with Gasteiger partial charge in [0.05, 0.1) is 11.5 Å². The molecule has 1 fully saturated rings. The number of halogens is 5. The zero-order valence-electron chi connectivity index (χ0n) is 18.8. The van der Waals surface area contributed by atoms with Gasteiger partial charge in [0.25, 0.3) is 0 Å². The van der Waals surface area contributed by atoms with Crippen molar-refractivity contribution in [3.63, 3.8) is 0 Å². The standard InChI is InChI=1S/C26H23F5N2O2/c1-14-10-17-16-4-2-3-5-20(16)32-23(17)24(33(14)13-25(8-9-25)26(29,30)31)22-18(27)11-15(12-19(22)28)6-7-21(34)35/h2-7,11-12,14,24,32H,8-10,13H2,1H3,(H,34,35)/b7-6+/t14-,24-/m1/s1. The summed E-state index contributed by atoms with van der Waals surface area (Å²) in [4.78, 5) is 15.6. The minimum Gasteiger partial charge on any atom is -0.478 e. The SMILES string of the molecule is C[C@@H]1Cc2c([nH]c3ccccc23)[C@@H](c2c(F)cc(/C=C/C(=O)O)cc2F)N1CC1(C(F)(F)F)CC1. The molecule has 1 saturated carbocycles. The van der Waals surface area contributed by atoms with Crippen molar-refractivity contribution in [1.82, 2.24) is 9.88 Å². The zero-order chi connectivity index (χ0) is 25.1. The second-order valence-electron chi connectivity index (χ2n) is 9.54. The molecular formula is C26H23F5N2O2. The number of aromatic amines is 1. The summed E-state index contributed by atoms with van der Waals surface area (Å²) >= 11 is 0. The third-order valence-electron chi connectivity index (χ3n) is 7.25. The molecule has 3 aromatic rings. The number of fused-ring (bicyclic) bond motifs is 3. The summed E-state index contributed by atoms with van der Waals surface area (Å²) < 4.78 is 72.6. The number of aliphatic carboxylic acids is 1. The molecule has 1 aromatic heterocycles. The summed E-state index contributed by atoms with van der Waals surface area (Å²) in [5.74, 6) is -3.16. The number of H-pyrrole nitrogens is 1. The lowest BCUT2D eigenvalue weighted by Crippen LogP contribution is -2.48. The van der Waals surface area contributed by atoms with Gasteiger partial charge in [0.2, 0.25) is 0 Å². The van der Waals surface area contributed by atoms with Gasteiger partial charge in [-0.25, -0.2) is 13.6 Å². The summed E-state index contributed by atoms with van der Waals surface area (Å²) in [6, 6.07) is 7.88. The Morgan fingerprint density at radius 1 is 1.20 bits per heavy atom. The number of hydrogen-bond donors (Lipinski definition) is 2. The molecule has 2 N–H and O–H groups in total. The van der Waals surface area contributed by atoms with E-state index in [4.69, 9.17) is 5.11 Å². The van der Waals surface area contributed by atoms with Crippen molar-refractivity contribution in [2.24, 2.45) is 5.41 Å². The van der Waals surface area contributed by atoms with Crippen LogP contribution in [0.4, 0.5) is 22.0 Å². The van der Waals surface area contributed by atoms with E-state index >= 15 is 8.78 Å². The third-order valence-corrected chi connectivity index (χ3v) is 7.25. The second kappa shape index (κ2) is 8.19. The molecule has 1 aliphatic carbocycles. The monoisotopic (exact) mass is 490 g/mol. The summed E-state index contributed by atoms with van der Waals surface area (Å²) in [7, 11) is 0. The molecule has 0 radical (unpaired) electrons. The van der Waals surface area contributed by atoms with E-state index in [0.29, 0.717) is 12.1 Å². The van der Waals surface area contributed by atoms with Gasteiger partial charge in [0.1, 0.15) is 11.6 Å². The molecule has 9 heteroatoms. The lowest BCUT2D eigenvalue weighted by molar-refractivity contribution is -0.194. The van der Waals surface area contributed by atoms with Gasteiger partial charge in [-0.1, -0.05) is 18.2 Å². The number of hydrogen-bond acceptors (Lipinski definition) is 2. The second-order valence-corrected chi connectivity index (χ2v) is 9.54. The van der Waals surface area contributed by atoms with Crippen LogP contribution in [0.3, 0.4) is 0 Å². The molecular weight excluding hydrogens is 467 g/mol. The summed E-state index contributed by atoms with van der Waals surface area (Å²) in [5, 5.41) is 9.69. The Bertz CT molecular complexity index is 1320. The van der Waals surface area contributed by atoms with Crippen molar-refractivity contribution in [2.45, 2.75) is 44.4 Å². The van der Waals surface area contributed by atoms with Crippen molar-refractivity contribution < 1.29 is 31.9 Å². The van der Waals surface area contributed by atoms with Crippen LogP contribution in [0.5, 0.6) is 0 Å². The maximum atomic E-state index is 15.5. The Kier molecular flexibility index (Phi) is 5.51. The highest BCUT2D eigenvalue weighted by atomic mass is 19.4. The molecule has 0 amide bonds. The fourth-order valence-corrected chi connectivity index (χ4v) is 5.22. The molecule has 4 nitrogen and oxygen atoms in total. The van der Waals surface area contributed by atoms with E-state index < -0.39 is 41.3 Å². The van der Waals surface area contributed by atoms with Crippen LogP contribution >= 0.6 is 0 Å². The van der Waals surface area contributed by atoms with Gasteiger partial charge in [-0.05, 0) is 61.6 Å². The Morgan fingerprint density at radius 3 is 2.46 bits per heavy atom. The third kappa shape index (κ3) is 4.01. The average molecular weight is 490 g/mol. The topological polar surface area (TPSA) is 56.3 Å². The van der Waals surface area contributed by atoms with Gasteiger partial charge < -0.3 is 10.1 Å². The van der Waals surface area contributed by atoms with Crippen LogP contribution in [-0.4, -0.2) is 39.7 Å². The normalized spacial score (nSPS) is 22.0. The number of nitrogens with one attached hydrogen (secondary N) is 1. The molecule has 0 bridgehead atoms. The minimum atomic E-state index is -4.42. The number of carbonyl (C=O) groups is 1. The molecule has 2 aromatic carbocycles. The zero-order valence-corrected chi connectivity index (χ0v) is 18.8.